The summed E-state index contributed by atoms with van der Waals surface area (Å²) in [5.74, 6) is -0.0624. The highest BCUT2D eigenvalue weighted by atomic mass is 32.1. The van der Waals surface area contributed by atoms with Gasteiger partial charge in [-0.2, -0.15) is 5.26 Å². The summed E-state index contributed by atoms with van der Waals surface area (Å²) in [6.45, 7) is 3.53. The third-order valence-corrected chi connectivity index (χ3v) is 5.57. The molecule has 2 aromatic heterocycles. The predicted molar refractivity (Wildman–Crippen MR) is 103 cm³/mol. The van der Waals surface area contributed by atoms with Crippen LogP contribution >= 0.6 is 11.3 Å². The van der Waals surface area contributed by atoms with Gasteiger partial charge in [0.25, 0.3) is 5.56 Å². The minimum Gasteiger partial charge on any atom is -0.325 e. The molecule has 1 N–H and O–H groups in total. The van der Waals surface area contributed by atoms with Crippen molar-refractivity contribution in [3.8, 4) is 6.07 Å². The van der Waals surface area contributed by atoms with Crippen molar-refractivity contribution in [2.45, 2.75) is 26.7 Å². The summed E-state index contributed by atoms with van der Waals surface area (Å²) in [7, 11) is 1.72. The number of fused-ring (bicyclic) bond motifs is 1. The highest BCUT2D eigenvalue weighted by Gasteiger charge is 2.18. The van der Waals surface area contributed by atoms with E-state index >= 15 is 0 Å². The fourth-order valence-corrected chi connectivity index (χ4v) is 3.87. The molecule has 0 bridgehead atoms. The largest absolute Gasteiger partial charge is 0.325 e. The summed E-state index contributed by atoms with van der Waals surface area (Å²) in [5, 5.41) is 9.80. The molecule has 3 aromatic rings. The van der Waals surface area contributed by atoms with Crippen molar-refractivity contribution in [3.05, 3.63) is 57.0 Å². The summed E-state index contributed by atoms with van der Waals surface area (Å²) in [6.07, 6.45) is 0.724. The van der Waals surface area contributed by atoms with Gasteiger partial charge in [-0.25, -0.2) is 4.98 Å². The number of rotatable bonds is 4. The molecule has 26 heavy (non-hydrogen) atoms. The van der Waals surface area contributed by atoms with Gasteiger partial charge < -0.3 is 4.98 Å². The van der Waals surface area contributed by atoms with Crippen molar-refractivity contribution in [1.29, 1.82) is 5.26 Å². The van der Waals surface area contributed by atoms with Gasteiger partial charge in [-0.15, -0.1) is 0 Å². The molecule has 0 aliphatic carbocycles. The zero-order valence-corrected chi connectivity index (χ0v) is 15.6. The Kier molecular flexibility index (Phi) is 4.87. The van der Waals surface area contributed by atoms with Crippen LogP contribution in [0.2, 0.25) is 0 Å². The summed E-state index contributed by atoms with van der Waals surface area (Å²) in [4.78, 5) is 33.1. The van der Waals surface area contributed by atoms with E-state index in [1.807, 2.05) is 30.3 Å². The van der Waals surface area contributed by atoms with E-state index in [0.29, 0.717) is 22.8 Å². The minimum absolute atomic E-state index is 0.0624. The number of carbonyl (C=O) groups excluding carboxylic acids is 1. The molecule has 132 valence electrons. The number of para-hydroxylation sites is 1. The summed E-state index contributed by atoms with van der Waals surface area (Å²) in [6, 6.07) is 9.70. The molecular weight excluding hydrogens is 348 g/mol. The molecule has 1 aromatic carbocycles. The lowest BCUT2D eigenvalue weighted by atomic mass is 9.99. The van der Waals surface area contributed by atoms with Crippen LogP contribution in [0.5, 0.6) is 0 Å². The van der Waals surface area contributed by atoms with E-state index in [1.54, 1.807) is 25.8 Å². The first-order valence-corrected chi connectivity index (χ1v) is 8.98. The maximum absolute atomic E-state index is 12.6. The first-order chi connectivity index (χ1) is 12.4. The number of H-pyrrole nitrogens is 1. The molecule has 3 rings (SSSR count). The Morgan fingerprint density at radius 3 is 2.77 bits per heavy atom. The number of amides is 1. The van der Waals surface area contributed by atoms with Gasteiger partial charge >= 0.3 is 0 Å². The van der Waals surface area contributed by atoms with E-state index in [0.717, 1.165) is 15.8 Å². The summed E-state index contributed by atoms with van der Waals surface area (Å²) in [5.41, 5.74) is 2.78. The third-order valence-electron chi connectivity index (χ3n) is 4.45. The molecule has 0 aliphatic heterocycles. The number of pyridine rings is 1. The second-order valence-corrected chi connectivity index (χ2v) is 7.10. The van der Waals surface area contributed by atoms with Crippen molar-refractivity contribution in [3.63, 3.8) is 0 Å². The smallest absolute Gasteiger partial charge is 0.266 e. The first kappa shape index (κ1) is 17.8. The normalized spacial score (nSPS) is 10.7. The van der Waals surface area contributed by atoms with Crippen LogP contribution in [-0.4, -0.2) is 22.9 Å². The predicted octanol–water partition coefficient (Wildman–Crippen LogP) is 3.07. The maximum atomic E-state index is 12.6. The summed E-state index contributed by atoms with van der Waals surface area (Å²) >= 11 is 1.47. The van der Waals surface area contributed by atoms with Crippen LogP contribution in [0.4, 0.5) is 5.13 Å². The Morgan fingerprint density at radius 1 is 1.35 bits per heavy atom. The average Bonchev–Trinajstić information content (AvgIpc) is 3.04. The van der Waals surface area contributed by atoms with E-state index in [-0.39, 0.29) is 23.5 Å². The van der Waals surface area contributed by atoms with Crippen LogP contribution in [0.3, 0.4) is 0 Å². The second-order valence-electron chi connectivity index (χ2n) is 6.09. The van der Waals surface area contributed by atoms with Crippen LogP contribution in [0.1, 0.15) is 28.8 Å². The summed E-state index contributed by atoms with van der Waals surface area (Å²) < 4.78 is 1.04. The molecule has 0 aliphatic rings. The number of carbonyl (C=O) groups is 1. The molecule has 2 heterocycles. The highest BCUT2D eigenvalue weighted by Crippen LogP contribution is 2.28. The zero-order chi connectivity index (χ0) is 18.8. The fraction of sp³-hybridized carbons (Fsp3) is 0.263. The van der Waals surface area contributed by atoms with Crippen LogP contribution in [0, 0.1) is 25.2 Å². The molecule has 6 nitrogen and oxygen atoms in total. The van der Waals surface area contributed by atoms with E-state index in [2.05, 4.69) is 9.97 Å². The number of thiazole rings is 1. The first-order valence-electron chi connectivity index (χ1n) is 8.17. The number of aromatic amines is 1. The Balaban J connectivity index is 1.79. The van der Waals surface area contributed by atoms with Gasteiger partial charge in [0.05, 0.1) is 10.2 Å². The van der Waals surface area contributed by atoms with Crippen molar-refractivity contribution >= 4 is 32.6 Å². The number of nitrogens with one attached hydrogen (secondary N) is 1. The molecule has 0 unspecified atom stereocenters. The molecule has 0 spiro atoms. The van der Waals surface area contributed by atoms with Gasteiger partial charge in [-0.3, -0.25) is 14.5 Å². The number of anilines is 1. The van der Waals surface area contributed by atoms with Crippen LogP contribution in [0.15, 0.2) is 29.1 Å². The topological polar surface area (TPSA) is 89.8 Å². The van der Waals surface area contributed by atoms with Crippen LogP contribution < -0.4 is 10.5 Å². The molecule has 0 fully saturated rings. The number of hydrogen-bond acceptors (Lipinski definition) is 5. The van der Waals surface area contributed by atoms with E-state index in [4.69, 9.17) is 5.26 Å². The second kappa shape index (κ2) is 7.10. The molecule has 7 heteroatoms. The third kappa shape index (κ3) is 3.24. The van der Waals surface area contributed by atoms with Gasteiger partial charge in [0.15, 0.2) is 5.13 Å². The highest BCUT2D eigenvalue weighted by molar-refractivity contribution is 7.22. The Bertz CT molecular complexity index is 1060. The Morgan fingerprint density at radius 2 is 2.08 bits per heavy atom. The van der Waals surface area contributed by atoms with Crippen molar-refractivity contribution in [2.75, 3.05) is 11.9 Å². The molecule has 1 amide bonds. The van der Waals surface area contributed by atoms with Gasteiger partial charge in [-0.1, -0.05) is 23.5 Å². The van der Waals surface area contributed by atoms with Crippen molar-refractivity contribution in [2.24, 2.45) is 0 Å². The zero-order valence-electron chi connectivity index (χ0n) is 14.8. The number of aryl methyl sites for hydroxylation is 1. The Hall–Kier alpha value is -2.98. The van der Waals surface area contributed by atoms with Crippen LogP contribution in [-0.2, 0) is 11.2 Å². The van der Waals surface area contributed by atoms with Crippen molar-refractivity contribution in [1.82, 2.24) is 9.97 Å². The number of nitrogens with zero attached hydrogens (tertiary/aromatic N) is 3. The van der Waals surface area contributed by atoms with Gasteiger partial charge in [0.1, 0.15) is 11.6 Å². The maximum Gasteiger partial charge on any atom is 0.266 e. The van der Waals surface area contributed by atoms with Crippen LogP contribution in [0.25, 0.3) is 10.2 Å². The van der Waals surface area contributed by atoms with E-state index < -0.39 is 0 Å². The van der Waals surface area contributed by atoms with Gasteiger partial charge in [-0.05, 0) is 43.5 Å². The lowest BCUT2D eigenvalue weighted by Crippen LogP contribution is -2.26. The lowest BCUT2D eigenvalue weighted by molar-refractivity contribution is -0.118. The number of hydrogen-bond donors (Lipinski definition) is 1. The number of nitriles is 1. The molecule has 0 saturated carbocycles. The van der Waals surface area contributed by atoms with E-state index in [1.165, 1.54) is 11.3 Å². The van der Waals surface area contributed by atoms with Gasteiger partial charge in [0.2, 0.25) is 5.91 Å². The molecule has 0 radical (unpaired) electrons. The number of benzene rings is 1. The van der Waals surface area contributed by atoms with Crippen molar-refractivity contribution < 1.29 is 4.79 Å². The SMILES string of the molecule is Cc1[nH]c(=O)c(C#N)c(C)c1CCC(=O)N(C)c1nc2ccccc2s1. The molecule has 0 saturated heterocycles. The van der Waals surface area contributed by atoms with Gasteiger partial charge in [0, 0.05) is 19.2 Å². The monoisotopic (exact) mass is 366 g/mol. The quantitative estimate of drug-likeness (QED) is 0.768. The molecular formula is C19H18N4O2S. The standard InChI is InChI=1S/C19H18N4O2S/c1-11-13(12(2)21-18(25)14(11)10-20)8-9-17(24)23(3)19-22-15-6-4-5-7-16(15)26-19/h4-7H,8-9H2,1-3H3,(H,21,25). The minimum atomic E-state index is -0.385. The lowest BCUT2D eigenvalue weighted by Gasteiger charge is -2.15. The average molecular weight is 366 g/mol. The molecule has 0 atom stereocenters. The Labute approximate surface area is 154 Å². The fourth-order valence-electron chi connectivity index (χ4n) is 2.93. The number of aromatic nitrogens is 2. The van der Waals surface area contributed by atoms with E-state index in [9.17, 15) is 9.59 Å².